The van der Waals surface area contributed by atoms with Crippen molar-refractivity contribution in [2.75, 3.05) is 0 Å². The van der Waals surface area contributed by atoms with Gasteiger partial charge in [0.2, 0.25) is 0 Å². The zero-order valence-corrected chi connectivity index (χ0v) is 12.7. The molecule has 0 heterocycles. The number of halogens is 2. The van der Waals surface area contributed by atoms with Crippen molar-refractivity contribution in [3.63, 3.8) is 0 Å². The molecule has 0 radical (unpaired) electrons. The summed E-state index contributed by atoms with van der Waals surface area (Å²) in [5.41, 5.74) is 7.70. The number of ether oxygens (including phenoxy) is 1. The van der Waals surface area contributed by atoms with Gasteiger partial charge in [0.15, 0.2) is 11.6 Å². The van der Waals surface area contributed by atoms with Crippen molar-refractivity contribution in [1.82, 2.24) is 0 Å². The molecule has 0 aliphatic carbocycles. The molecule has 0 fully saturated rings. The van der Waals surface area contributed by atoms with Crippen molar-refractivity contribution in [3.05, 3.63) is 64.4 Å². The van der Waals surface area contributed by atoms with Crippen molar-refractivity contribution in [2.45, 2.75) is 32.4 Å². The first-order valence-corrected chi connectivity index (χ1v) is 7.38. The van der Waals surface area contributed by atoms with Crippen molar-refractivity contribution in [1.29, 1.82) is 0 Å². The van der Waals surface area contributed by atoms with Crippen molar-refractivity contribution in [3.8, 4) is 5.75 Å². The van der Waals surface area contributed by atoms with Gasteiger partial charge in [0.25, 0.3) is 0 Å². The first kappa shape index (κ1) is 15.8. The molecule has 0 aliphatic rings. The molecule has 0 aromatic heterocycles. The van der Waals surface area contributed by atoms with E-state index in [0.717, 1.165) is 17.5 Å². The van der Waals surface area contributed by atoms with Crippen LogP contribution in [0, 0.1) is 5.82 Å². The molecule has 2 rings (SSSR count). The van der Waals surface area contributed by atoms with Gasteiger partial charge in [0, 0.05) is 11.1 Å². The quantitative estimate of drug-likeness (QED) is 0.861. The summed E-state index contributed by atoms with van der Waals surface area (Å²) in [6.07, 6.45) is 1.44. The Hall–Kier alpha value is -1.58. The Labute approximate surface area is 129 Å². The molecule has 0 aliphatic heterocycles. The third-order valence-corrected chi connectivity index (χ3v) is 3.60. The van der Waals surface area contributed by atoms with E-state index in [4.69, 9.17) is 22.1 Å². The molecule has 2 aromatic carbocycles. The molecule has 0 saturated carbocycles. The smallest absolute Gasteiger partial charge is 0.165 e. The number of nitrogens with two attached hydrogens (primary N) is 1. The van der Waals surface area contributed by atoms with Crippen LogP contribution in [0.4, 0.5) is 4.39 Å². The largest absolute Gasteiger partial charge is 0.486 e. The van der Waals surface area contributed by atoms with Crippen LogP contribution in [0.15, 0.2) is 42.5 Å². The molecule has 0 amide bonds. The predicted octanol–water partition coefficient (Wildman–Crippen LogP) is 4.34. The second-order valence-corrected chi connectivity index (χ2v) is 5.45. The van der Waals surface area contributed by atoms with Gasteiger partial charge in [-0.2, -0.15) is 0 Å². The highest BCUT2D eigenvalue weighted by molar-refractivity contribution is 6.30. The average molecular weight is 308 g/mol. The van der Waals surface area contributed by atoms with E-state index in [1.54, 1.807) is 18.2 Å². The van der Waals surface area contributed by atoms with Gasteiger partial charge in [-0.25, -0.2) is 4.39 Å². The molecular weight excluding hydrogens is 289 g/mol. The first-order chi connectivity index (χ1) is 10.1. The van der Waals surface area contributed by atoms with E-state index in [1.165, 1.54) is 6.07 Å². The lowest BCUT2D eigenvalue weighted by molar-refractivity contribution is 0.286. The lowest BCUT2D eigenvalue weighted by Gasteiger charge is -2.15. The summed E-state index contributed by atoms with van der Waals surface area (Å²) in [6, 6.07) is 12.2. The molecule has 1 atom stereocenters. The number of rotatable bonds is 6. The molecular formula is C17H19ClFNO. The fourth-order valence-corrected chi connectivity index (χ4v) is 2.16. The van der Waals surface area contributed by atoms with E-state index in [-0.39, 0.29) is 17.6 Å². The molecule has 1 unspecified atom stereocenters. The summed E-state index contributed by atoms with van der Waals surface area (Å²) in [5.74, 6) is -0.0684. The van der Waals surface area contributed by atoms with E-state index in [1.807, 2.05) is 25.1 Å². The minimum atomic E-state index is -0.357. The molecule has 2 N–H and O–H groups in total. The van der Waals surface area contributed by atoms with Crippen LogP contribution in [0.1, 0.15) is 24.5 Å². The van der Waals surface area contributed by atoms with Crippen LogP contribution >= 0.6 is 11.6 Å². The maximum Gasteiger partial charge on any atom is 0.165 e. The zero-order valence-electron chi connectivity index (χ0n) is 12.0. The highest BCUT2D eigenvalue weighted by Gasteiger charge is 2.12. The van der Waals surface area contributed by atoms with Gasteiger partial charge in [-0.3, -0.25) is 0 Å². The zero-order chi connectivity index (χ0) is 15.2. The van der Waals surface area contributed by atoms with E-state index in [9.17, 15) is 4.39 Å². The summed E-state index contributed by atoms with van der Waals surface area (Å²) in [5, 5.41) is 0.666. The SMILES string of the molecule is CCC(N)Cc1cccc(F)c1OCc1ccc(Cl)cc1. The highest BCUT2D eigenvalue weighted by atomic mass is 35.5. The van der Waals surface area contributed by atoms with Crippen molar-refractivity contribution < 1.29 is 9.13 Å². The first-order valence-electron chi connectivity index (χ1n) is 7.00. The molecule has 0 saturated heterocycles. The summed E-state index contributed by atoms with van der Waals surface area (Å²) in [4.78, 5) is 0. The fraction of sp³-hybridized carbons (Fsp3) is 0.294. The molecule has 4 heteroatoms. The van der Waals surface area contributed by atoms with Gasteiger partial charge in [-0.1, -0.05) is 42.8 Å². The fourth-order valence-electron chi connectivity index (χ4n) is 2.04. The maximum atomic E-state index is 14.0. The van der Waals surface area contributed by atoms with E-state index >= 15 is 0 Å². The van der Waals surface area contributed by atoms with E-state index in [2.05, 4.69) is 0 Å². The number of hydrogen-bond donors (Lipinski definition) is 1. The topological polar surface area (TPSA) is 35.2 Å². The Kier molecular flexibility index (Phi) is 5.59. The van der Waals surface area contributed by atoms with E-state index in [0.29, 0.717) is 18.1 Å². The second-order valence-electron chi connectivity index (χ2n) is 5.02. The van der Waals surface area contributed by atoms with Crippen LogP contribution in [0.3, 0.4) is 0 Å². The van der Waals surface area contributed by atoms with Crippen LogP contribution in [-0.2, 0) is 13.0 Å². The van der Waals surface area contributed by atoms with Gasteiger partial charge >= 0.3 is 0 Å². The highest BCUT2D eigenvalue weighted by Crippen LogP contribution is 2.25. The third-order valence-electron chi connectivity index (χ3n) is 3.35. The average Bonchev–Trinajstić information content (AvgIpc) is 2.48. The Morgan fingerprint density at radius 1 is 1.19 bits per heavy atom. The minimum Gasteiger partial charge on any atom is -0.486 e. The molecule has 2 nitrogen and oxygen atoms in total. The number of benzene rings is 2. The Morgan fingerprint density at radius 2 is 1.90 bits per heavy atom. The predicted molar refractivity (Wildman–Crippen MR) is 84.2 cm³/mol. The monoisotopic (exact) mass is 307 g/mol. The summed E-state index contributed by atoms with van der Waals surface area (Å²) in [6.45, 7) is 2.31. The molecule has 112 valence electrons. The standard InChI is InChI=1S/C17H19ClFNO/c1-2-15(20)10-13-4-3-5-16(19)17(13)21-11-12-6-8-14(18)9-7-12/h3-9,15H,2,10-11,20H2,1H3. The van der Waals surface area contributed by atoms with Crippen LogP contribution in [-0.4, -0.2) is 6.04 Å². The van der Waals surface area contributed by atoms with Crippen LogP contribution < -0.4 is 10.5 Å². The molecule has 0 spiro atoms. The number of hydrogen-bond acceptors (Lipinski definition) is 2. The molecule has 0 bridgehead atoms. The maximum absolute atomic E-state index is 14.0. The minimum absolute atomic E-state index is 0.00434. The van der Waals surface area contributed by atoms with Crippen molar-refractivity contribution >= 4 is 11.6 Å². The Morgan fingerprint density at radius 3 is 2.57 bits per heavy atom. The van der Waals surface area contributed by atoms with Crippen LogP contribution in [0.2, 0.25) is 5.02 Å². The van der Waals surface area contributed by atoms with Gasteiger partial charge in [0.05, 0.1) is 0 Å². The summed E-state index contributed by atoms with van der Waals surface area (Å²) in [7, 11) is 0. The Balaban J connectivity index is 2.12. The van der Waals surface area contributed by atoms with Gasteiger partial charge < -0.3 is 10.5 Å². The summed E-state index contributed by atoms with van der Waals surface area (Å²) >= 11 is 5.84. The van der Waals surface area contributed by atoms with E-state index < -0.39 is 0 Å². The van der Waals surface area contributed by atoms with Gasteiger partial charge in [-0.05, 0) is 42.2 Å². The van der Waals surface area contributed by atoms with Gasteiger partial charge in [0.1, 0.15) is 6.61 Å². The van der Waals surface area contributed by atoms with Crippen LogP contribution in [0.5, 0.6) is 5.75 Å². The lowest BCUT2D eigenvalue weighted by atomic mass is 10.0. The second kappa shape index (κ2) is 7.43. The van der Waals surface area contributed by atoms with Crippen LogP contribution in [0.25, 0.3) is 0 Å². The third kappa shape index (κ3) is 4.45. The summed E-state index contributed by atoms with van der Waals surface area (Å²) < 4.78 is 19.7. The lowest BCUT2D eigenvalue weighted by Crippen LogP contribution is -2.22. The molecule has 21 heavy (non-hydrogen) atoms. The van der Waals surface area contributed by atoms with Crippen molar-refractivity contribution in [2.24, 2.45) is 5.73 Å². The molecule has 2 aromatic rings. The number of para-hydroxylation sites is 1. The van der Waals surface area contributed by atoms with Gasteiger partial charge in [-0.15, -0.1) is 0 Å². The normalized spacial score (nSPS) is 12.2. The Bertz CT molecular complexity index is 586.